The zero-order valence-electron chi connectivity index (χ0n) is 14.2. The van der Waals surface area contributed by atoms with Crippen molar-refractivity contribution in [2.75, 3.05) is 25.6 Å². The molecule has 1 aromatic carbocycles. The number of benzene rings is 1. The monoisotopic (exact) mass is 362 g/mol. The van der Waals surface area contributed by atoms with Crippen molar-refractivity contribution >= 4 is 23.1 Å². The highest BCUT2D eigenvalue weighted by molar-refractivity contribution is 6.28. The van der Waals surface area contributed by atoms with Gasteiger partial charge < -0.3 is 19.5 Å². The van der Waals surface area contributed by atoms with E-state index < -0.39 is 0 Å². The molecule has 0 saturated heterocycles. The smallest absolute Gasteiger partial charge is 0.224 e. The predicted molar refractivity (Wildman–Crippen MR) is 94.6 cm³/mol. The summed E-state index contributed by atoms with van der Waals surface area (Å²) in [5.41, 5.74) is 0.916. The number of nitrogens with one attached hydrogen (secondary N) is 1. The molecule has 1 heterocycles. The van der Waals surface area contributed by atoms with Gasteiger partial charge in [0.15, 0.2) is 5.82 Å². The van der Waals surface area contributed by atoms with Crippen molar-refractivity contribution in [3.05, 3.63) is 35.2 Å². The van der Waals surface area contributed by atoms with E-state index in [9.17, 15) is 5.26 Å². The Labute approximate surface area is 151 Å². The van der Waals surface area contributed by atoms with Gasteiger partial charge >= 0.3 is 0 Å². The Morgan fingerprint density at radius 1 is 1.32 bits per heavy atom. The first-order valence-corrected chi connectivity index (χ1v) is 8.03. The van der Waals surface area contributed by atoms with Crippen LogP contribution >= 0.6 is 11.6 Å². The molecular weight excluding hydrogens is 344 g/mol. The van der Waals surface area contributed by atoms with Gasteiger partial charge in [-0.05, 0) is 37.6 Å². The van der Waals surface area contributed by atoms with Crippen molar-refractivity contribution < 1.29 is 14.2 Å². The number of aromatic nitrogens is 2. The van der Waals surface area contributed by atoms with Crippen LogP contribution in [0.4, 0.5) is 11.5 Å². The molecule has 2 aromatic rings. The lowest BCUT2D eigenvalue weighted by Crippen LogP contribution is -2.09. The van der Waals surface area contributed by atoms with Gasteiger partial charge in [0.2, 0.25) is 5.28 Å². The van der Waals surface area contributed by atoms with Crippen molar-refractivity contribution in [3.63, 3.8) is 0 Å². The molecular formula is C17H19ClN4O3. The number of halogens is 1. The summed E-state index contributed by atoms with van der Waals surface area (Å²) in [4.78, 5) is 7.87. The molecule has 0 aliphatic heterocycles. The number of ether oxygens (including phenoxy) is 3. The average molecular weight is 363 g/mol. The fraction of sp³-hybridized carbons (Fsp3) is 0.353. The molecule has 0 fully saturated rings. The molecule has 1 aromatic heterocycles. The fourth-order valence-corrected chi connectivity index (χ4v) is 2.09. The zero-order valence-corrected chi connectivity index (χ0v) is 15.0. The predicted octanol–water partition coefficient (Wildman–Crippen LogP) is 3.56. The quantitative estimate of drug-likeness (QED) is 0.567. The van der Waals surface area contributed by atoms with Crippen LogP contribution in [0.2, 0.25) is 5.28 Å². The SMILES string of the molecule is COCCOc1ccc(Nc2nc(Cl)ncc2C#N)c(OC(C)C)c1. The van der Waals surface area contributed by atoms with Gasteiger partial charge in [0.05, 0.1) is 24.6 Å². The molecule has 0 bridgehead atoms. The minimum absolute atomic E-state index is 0.0424. The highest BCUT2D eigenvalue weighted by Gasteiger charge is 2.12. The molecule has 0 aliphatic rings. The van der Waals surface area contributed by atoms with E-state index in [1.807, 2.05) is 19.9 Å². The van der Waals surface area contributed by atoms with Crippen LogP contribution < -0.4 is 14.8 Å². The van der Waals surface area contributed by atoms with Crippen LogP contribution in [0.1, 0.15) is 19.4 Å². The number of anilines is 2. The molecule has 8 heteroatoms. The fourth-order valence-electron chi connectivity index (χ4n) is 1.95. The van der Waals surface area contributed by atoms with E-state index in [2.05, 4.69) is 15.3 Å². The van der Waals surface area contributed by atoms with Crippen LogP contribution in [0.15, 0.2) is 24.4 Å². The molecule has 1 N–H and O–H groups in total. The molecule has 0 radical (unpaired) electrons. The summed E-state index contributed by atoms with van der Waals surface area (Å²) in [7, 11) is 1.61. The summed E-state index contributed by atoms with van der Waals surface area (Å²) in [5, 5.41) is 12.3. The van der Waals surface area contributed by atoms with Crippen molar-refractivity contribution in [2.24, 2.45) is 0 Å². The lowest BCUT2D eigenvalue weighted by Gasteiger charge is -2.17. The van der Waals surface area contributed by atoms with Gasteiger partial charge in [-0.1, -0.05) is 0 Å². The number of nitriles is 1. The van der Waals surface area contributed by atoms with Crippen molar-refractivity contribution in [1.29, 1.82) is 5.26 Å². The molecule has 0 saturated carbocycles. The largest absolute Gasteiger partial charge is 0.491 e. The van der Waals surface area contributed by atoms with E-state index in [-0.39, 0.29) is 17.0 Å². The standard InChI is InChI=1S/C17H19ClN4O3/c1-11(2)25-15-8-13(24-7-6-23-3)4-5-14(15)21-16-12(9-19)10-20-17(18)22-16/h4-5,8,10-11H,6-7H2,1-3H3,(H,20,21,22). The van der Waals surface area contributed by atoms with Crippen LogP contribution in [0.5, 0.6) is 11.5 Å². The lowest BCUT2D eigenvalue weighted by atomic mass is 10.2. The summed E-state index contributed by atoms with van der Waals surface area (Å²) in [6.07, 6.45) is 1.32. The molecule has 25 heavy (non-hydrogen) atoms. The van der Waals surface area contributed by atoms with Crippen molar-refractivity contribution in [2.45, 2.75) is 20.0 Å². The van der Waals surface area contributed by atoms with Crippen LogP contribution in [0.25, 0.3) is 0 Å². The minimum atomic E-state index is -0.0424. The second-order valence-corrected chi connectivity index (χ2v) is 5.64. The average Bonchev–Trinajstić information content (AvgIpc) is 2.57. The Hall–Kier alpha value is -2.56. The second kappa shape index (κ2) is 9.06. The molecule has 2 rings (SSSR count). The van der Waals surface area contributed by atoms with Gasteiger partial charge in [-0.25, -0.2) is 4.98 Å². The van der Waals surface area contributed by atoms with Crippen LogP contribution in [0.3, 0.4) is 0 Å². The summed E-state index contributed by atoms with van der Waals surface area (Å²) in [6.45, 7) is 4.77. The summed E-state index contributed by atoms with van der Waals surface area (Å²) < 4.78 is 16.4. The minimum Gasteiger partial charge on any atom is -0.491 e. The number of nitrogens with zero attached hydrogens (tertiary/aromatic N) is 3. The van der Waals surface area contributed by atoms with Crippen molar-refractivity contribution in [1.82, 2.24) is 9.97 Å². The number of methoxy groups -OCH3 is 1. The van der Waals surface area contributed by atoms with Gasteiger partial charge in [-0.15, -0.1) is 0 Å². The first-order valence-electron chi connectivity index (χ1n) is 7.65. The van der Waals surface area contributed by atoms with Crippen LogP contribution in [-0.2, 0) is 4.74 Å². The number of hydrogen-bond acceptors (Lipinski definition) is 7. The third-order valence-electron chi connectivity index (χ3n) is 3.00. The normalized spacial score (nSPS) is 10.4. The topological polar surface area (TPSA) is 89.3 Å². The third kappa shape index (κ3) is 5.48. The van der Waals surface area contributed by atoms with Gasteiger partial charge in [-0.3, -0.25) is 0 Å². The first-order chi connectivity index (χ1) is 12.0. The highest BCUT2D eigenvalue weighted by atomic mass is 35.5. The van der Waals surface area contributed by atoms with Gasteiger partial charge in [-0.2, -0.15) is 10.2 Å². The lowest BCUT2D eigenvalue weighted by molar-refractivity contribution is 0.146. The molecule has 0 unspecified atom stereocenters. The van der Waals surface area contributed by atoms with Gasteiger partial charge in [0.1, 0.15) is 29.7 Å². The van der Waals surface area contributed by atoms with Crippen LogP contribution in [0, 0.1) is 11.3 Å². The first kappa shape index (κ1) is 18.8. The Balaban J connectivity index is 2.30. The van der Waals surface area contributed by atoms with E-state index in [0.717, 1.165) is 0 Å². The maximum absolute atomic E-state index is 9.19. The maximum Gasteiger partial charge on any atom is 0.224 e. The summed E-state index contributed by atoms with van der Waals surface area (Å²) in [5.74, 6) is 1.53. The van der Waals surface area contributed by atoms with E-state index in [1.54, 1.807) is 25.3 Å². The Morgan fingerprint density at radius 3 is 2.80 bits per heavy atom. The molecule has 0 aliphatic carbocycles. The van der Waals surface area contributed by atoms with E-state index >= 15 is 0 Å². The number of hydrogen-bond donors (Lipinski definition) is 1. The van der Waals surface area contributed by atoms with Gasteiger partial charge in [0, 0.05) is 13.2 Å². The second-order valence-electron chi connectivity index (χ2n) is 5.30. The molecule has 0 atom stereocenters. The summed E-state index contributed by atoms with van der Waals surface area (Å²) in [6, 6.07) is 7.37. The number of rotatable bonds is 8. The van der Waals surface area contributed by atoms with Gasteiger partial charge in [0.25, 0.3) is 0 Å². The van der Waals surface area contributed by atoms with E-state index in [0.29, 0.717) is 36.2 Å². The van der Waals surface area contributed by atoms with E-state index in [1.165, 1.54) is 6.20 Å². The molecule has 132 valence electrons. The Bertz CT molecular complexity index is 762. The molecule has 0 spiro atoms. The third-order valence-corrected chi connectivity index (χ3v) is 3.19. The Kier molecular flexibility index (Phi) is 6.81. The Morgan fingerprint density at radius 2 is 2.12 bits per heavy atom. The van der Waals surface area contributed by atoms with Crippen molar-refractivity contribution in [3.8, 4) is 17.6 Å². The van der Waals surface area contributed by atoms with E-state index in [4.69, 9.17) is 25.8 Å². The maximum atomic E-state index is 9.19. The molecule has 7 nitrogen and oxygen atoms in total. The van der Waals surface area contributed by atoms with Crippen LogP contribution in [-0.4, -0.2) is 36.4 Å². The molecule has 0 amide bonds. The summed E-state index contributed by atoms with van der Waals surface area (Å²) >= 11 is 5.83. The zero-order chi connectivity index (χ0) is 18.2. The highest BCUT2D eigenvalue weighted by Crippen LogP contribution is 2.33.